The van der Waals surface area contributed by atoms with Gasteiger partial charge in [-0.05, 0) is 11.1 Å². The van der Waals surface area contributed by atoms with Crippen molar-refractivity contribution in [3.63, 3.8) is 0 Å². The van der Waals surface area contributed by atoms with Crippen LogP contribution < -0.4 is 9.13 Å². The van der Waals surface area contributed by atoms with E-state index in [4.69, 9.17) is 9.47 Å². The van der Waals surface area contributed by atoms with Gasteiger partial charge in [-0.3, -0.25) is 0 Å². The molecule has 0 bridgehead atoms. The summed E-state index contributed by atoms with van der Waals surface area (Å²) in [5, 5.41) is 58.6. The molecule has 0 fully saturated rings. The summed E-state index contributed by atoms with van der Waals surface area (Å²) in [7, 11) is 0. The van der Waals surface area contributed by atoms with Crippen LogP contribution in [-0.2, 0) is 32.2 Å². The Morgan fingerprint density at radius 3 is 1.26 bits per heavy atom. The lowest BCUT2D eigenvalue weighted by Gasteiger charge is -2.14. The predicted molar refractivity (Wildman–Crippen MR) is 109 cm³/mol. The van der Waals surface area contributed by atoms with Gasteiger partial charge in [-0.25, -0.2) is 18.7 Å². The molecule has 2 aromatic heterocycles. The number of hydrogen-bond donors (Lipinski definition) is 6. The zero-order valence-corrected chi connectivity index (χ0v) is 17.6. The average Bonchev–Trinajstić information content (AvgIpc) is 3.24. The van der Waals surface area contributed by atoms with E-state index in [1.165, 1.54) is 0 Å². The summed E-state index contributed by atoms with van der Waals surface area (Å²) in [6, 6.07) is 7.11. The van der Waals surface area contributed by atoms with Crippen LogP contribution in [0.3, 0.4) is 0 Å². The van der Waals surface area contributed by atoms with Crippen molar-refractivity contribution in [1.29, 1.82) is 0 Å². The SMILES string of the molecule is O=C1OC(C(O)C[n+]2ccc(-c3cc[n+](CC(O)C4OC(=O)C(O)=C4O)cc3)cc2)C(O)=C1O. The molecule has 2 aliphatic rings. The number of aliphatic hydroxyl groups is 6. The van der Waals surface area contributed by atoms with Crippen LogP contribution >= 0.6 is 0 Å². The Morgan fingerprint density at radius 1 is 0.676 bits per heavy atom. The van der Waals surface area contributed by atoms with E-state index in [0.717, 1.165) is 11.1 Å². The number of aliphatic hydroxyl groups excluding tert-OH is 6. The largest absolute Gasteiger partial charge is 0.505 e. The van der Waals surface area contributed by atoms with Gasteiger partial charge >= 0.3 is 11.9 Å². The van der Waals surface area contributed by atoms with E-state index in [1.54, 1.807) is 58.2 Å². The first kappa shape index (κ1) is 23.0. The molecule has 0 radical (unpaired) electrons. The van der Waals surface area contributed by atoms with E-state index >= 15 is 0 Å². The molecule has 0 spiro atoms. The number of pyridine rings is 2. The first-order chi connectivity index (χ1) is 16.2. The molecule has 2 aliphatic heterocycles. The lowest BCUT2D eigenvalue weighted by molar-refractivity contribution is -0.704. The molecule has 34 heavy (non-hydrogen) atoms. The second kappa shape index (κ2) is 9.00. The van der Waals surface area contributed by atoms with Gasteiger partial charge in [0.1, 0.15) is 0 Å². The van der Waals surface area contributed by atoms with Crippen LogP contribution in [0.5, 0.6) is 0 Å². The van der Waals surface area contributed by atoms with Gasteiger partial charge < -0.3 is 40.1 Å². The smallest absolute Gasteiger partial charge is 0.378 e. The maximum atomic E-state index is 11.3. The van der Waals surface area contributed by atoms with E-state index < -0.39 is 59.4 Å². The molecule has 0 saturated heterocycles. The third-order valence-corrected chi connectivity index (χ3v) is 5.49. The van der Waals surface area contributed by atoms with Crippen LogP contribution in [0.1, 0.15) is 0 Å². The van der Waals surface area contributed by atoms with Gasteiger partial charge in [0, 0.05) is 24.3 Å². The topological polar surface area (TPSA) is 182 Å². The Labute approximate surface area is 192 Å². The molecule has 178 valence electrons. The van der Waals surface area contributed by atoms with Crippen LogP contribution in [0, 0.1) is 0 Å². The number of cyclic esters (lactones) is 2. The van der Waals surface area contributed by atoms with E-state index in [1.807, 2.05) is 0 Å². The Morgan fingerprint density at radius 2 is 1.00 bits per heavy atom. The number of ether oxygens (including phenoxy) is 2. The molecule has 0 aromatic carbocycles. The lowest BCUT2D eigenvalue weighted by atomic mass is 10.1. The highest BCUT2D eigenvalue weighted by Crippen LogP contribution is 2.23. The van der Waals surface area contributed by atoms with Crippen LogP contribution in [0.25, 0.3) is 11.1 Å². The third kappa shape index (κ3) is 4.36. The summed E-state index contributed by atoms with van der Waals surface area (Å²) in [5.41, 5.74) is 1.67. The van der Waals surface area contributed by atoms with Crippen molar-refractivity contribution in [2.24, 2.45) is 0 Å². The molecule has 0 saturated carbocycles. The highest BCUT2D eigenvalue weighted by atomic mass is 16.6. The fourth-order valence-corrected chi connectivity index (χ4v) is 3.62. The zero-order chi connectivity index (χ0) is 24.6. The zero-order valence-electron chi connectivity index (χ0n) is 17.6. The normalized spacial score (nSPS) is 22.1. The highest BCUT2D eigenvalue weighted by Gasteiger charge is 2.41. The van der Waals surface area contributed by atoms with E-state index in [-0.39, 0.29) is 13.1 Å². The summed E-state index contributed by atoms with van der Waals surface area (Å²) < 4.78 is 12.7. The summed E-state index contributed by atoms with van der Waals surface area (Å²) in [6.07, 6.45) is 1.48. The molecule has 4 heterocycles. The Bertz CT molecular complexity index is 1080. The van der Waals surface area contributed by atoms with Gasteiger partial charge in [0.05, 0.1) is 0 Å². The van der Waals surface area contributed by atoms with Crippen LogP contribution in [0.15, 0.2) is 72.1 Å². The maximum Gasteiger partial charge on any atom is 0.378 e. The second-order valence-corrected chi connectivity index (χ2v) is 7.82. The summed E-state index contributed by atoms with van der Waals surface area (Å²) in [4.78, 5) is 22.6. The number of esters is 2. The minimum absolute atomic E-state index is 0.00910. The average molecular weight is 474 g/mol. The fourth-order valence-electron chi connectivity index (χ4n) is 3.62. The number of rotatable bonds is 7. The molecular formula is C22H22N2O10+2. The van der Waals surface area contributed by atoms with Crippen LogP contribution in [-0.4, -0.2) is 67.0 Å². The van der Waals surface area contributed by atoms with Gasteiger partial charge in [-0.15, -0.1) is 0 Å². The van der Waals surface area contributed by atoms with Gasteiger partial charge in [0.15, 0.2) is 73.8 Å². The number of carbonyl (C=O) groups is 2. The monoisotopic (exact) mass is 474 g/mol. The predicted octanol–water partition coefficient (Wildman–Crippen LogP) is -0.844. The minimum atomic E-state index is -1.34. The highest BCUT2D eigenvalue weighted by molar-refractivity contribution is 5.89. The summed E-state index contributed by atoms with van der Waals surface area (Å²) in [5.74, 6) is -5.40. The van der Waals surface area contributed by atoms with Crippen molar-refractivity contribution in [2.75, 3.05) is 0 Å². The van der Waals surface area contributed by atoms with Crippen molar-refractivity contribution in [2.45, 2.75) is 37.5 Å². The van der Waals surface area contributed by atoms with Gasteiger partial charge in [0.25, 0.3) is 0 Å². The summed E-state index contributed by atoms with van der Waals surface area (Å²) in [6.45, 7) is -0.0182. The first-order valence-electron chi connectivity index (χ1n) is 10.2. The molecular weight excluding hydrogens is 452 g/mol. The maximum absolute atomic E-state index is 11.3. The van der Waals surface area contributed by atoms with Crippen LogP contribution in [0.4, 0.5) is 0 Å². The molecule has 4 atom stereocenters. The number of nitrogens with zero attached hydrogens (tertiary/aromatic N) is 2. The van der Waals surface area contributed by atoms with Crippen molar-refractivity contribution in [3.8, 4) is 11.1 Å². The molecule has 12 heteroatoms. The number of aromatic nitrogens is 2. The second-order valence-electron chi connectivity index (χ2n) is 7.82. The molecule has 0 amide bonds. The van der Waals surface area contributed by atoms with Crippen molar-refractivity contribution in [3.05, 3.63) is 72.1 Å². The van der Waals surface area contributed by atoms with Gasteiger partial charge in [0.2, 0.25) is 11.5 Å². The van der Waals surface area contributed by atoms with E-state index in [9.17, 15) is 40.2 Å². The van der Waals surface area contributed by atoms with Crippen LogP contribution in [0.2, 0.25) is 0 Å². The van der Waals surface area contributed by atoms with Crippen molar-refractivity contribution >= 4 is 11.9 Å². The number of hydrogen-bond acceptors (Lipinski definition) is 10. The van der Waals surface area contributed by atoms with Crippen molar-refractivity contribution in [1.82, 2.24) is 0 Å². The molecule has 6 N–H and O–H groups in total. The summed E-state index contributed by atoms with van der Waals surface area (Å²) >= 11 is 0. The first-order valence-corrected chi connectivity index (χ1v) is 10.2. The van der Waals surface area contributed by atoms with E-state index in [2.05, 4.69) is 0 Å². The minimum Gasteiger partial charge on any atom is -0.505 e. The molecule has 2 aromatic rings. The fraction of sp³-hybridized carbons (Fsp3) is 0.273. The number of carbonyl (C=O) groups excluding carboxylic acids is 2. The molecule has 12 nitrogen and oxygen atoms in total. The molecule has 0 aliphatic carbocycles. The molecule has 4 rings (SSSR count). The third-order valence-electron chi connectivity index (χ3n) is 5.49. The van der Waals surface area contributed by atoms with Gasteiger partial charge in [-0.2, -0.15) is 0 Å². The van der Waals surface area contributed by atoms with E-state index in [0.29, 0.717) is 0 Å². The standard InChI is InChI=1S/C22H20N2O10/c25-13(19-15(27)17(29)21(31)33-19)9-23-5-1-11(2-6-23)12-3-7-24(8-4-12)10-14(26)20-16(28)18(30)22(32)34-20/h1-8,13-14,19-20,25-26H,9-10H2,(H2,27,28,29,30,31,32)/p+2. The molecule has 4 unspecified atom stereocenters. The Kier molecular flexibility index (Phi) is 6.09. The van der Waals surface area contributed by atoms with Gasteiger partial charge in [-0.1, -0.05) is 0 Å². The Hall–Kier alpha value is -4.16. The van der Waals surface area contributed by atoms with Crippen molar-refractivity contribution < 1.29 is 58.8 Å². The quantitative estimate of drug-likeness (QED) is 0.219. The lowest BCUT2D eigenvalue weighted by Crippen LogP contribution is -2.45. The Balaban J connectivity index is 1.37.